The molecule has 17 heavy (non-hydrogen) atoms. The Labute approximate surface area is 105 Å². The molecule has 0 spiro atoms. The molecule has 0 fully saturated rings. The molecule has 0 aliphatic heterocycles. The normalized spacial score (nSPS) is 11.8. The van der Waals surface area contributed by atoms with Gasteiger partial charge in [0, 0.05) is 13.1 Å². The van der Waals surface area contributed by atoms with Gasteiger partial charge in [-0.15, -0.1) is 6.58 Å². The highest BCUT2D eigenvalue weighted by Gasteiger charge is 2.17. The Hall–Kier alpha value is -1.42. The maximum Gasteiger partial charge on any atom is 0.312 e. The van der Waals surface area contributed by atoms with Crippen LogP contribution in [0.4, 0.5) is 4.79 Å². The number of benzene rings is 1. The summed E-state index contributed by atoms with van der Waals surface area (Å²) in [6.07, 6.45) is 1.64. The van der Waals surface area contributed by atoms with E-state index in [4.69, 9.17) is 0 Å². The third kappa shape index (κ3) is 4.15. The van der Waals surface area contributed by atoms with Crippen LogP contribution in [0.2, 0.25) is 0 Å². The van der Waals surface area contributed by atoms with Crippen LogP contribution in [-0.2, 0) is 16.6 Å². The SMILES string of the molecule is C=CCN(CC)C(=O)S(=O)Cc1ccccc1. The van der Waals surface area contributed by atoms with Crippen LogP contribution in [0, 0.1) is 0 Å². The molecule has 0 bridgehead atoms. The quantitative estimate of drug-likeness (QED) is 0.754. The van der Waals surface area contributed by atoms with Gasteiger partial charge in [0.05, 0.1) is 5.75 Å². The van der Waals surface area contributed by atoms with Gasteiger partial charge in [-0.3, -0.25) is 4.79 Å². The predicted octanol–water partition coefficient (Wildman–Crippen LogP) is 2.56. The number of hydrogen-bond acceptors (Lipinski definition) is 2. The maximum atomic E-state index is 11.9. The first-order valence-corrected chi connectivity index (χ1v) is 6.83. The van der Waals surface area contributed by atoms with Gasteiger partial charge in [-0.1, -0.05) is 36.4 Å². The Morgan fingerprint density at radius 1 is 1.41 bits per heavy atom. The highest BCUT2D eigenvalue weighted by Crippen LogP contribution is 2.06. The Morgan fingerprint density at radius 2 is 2.06 bits per heavy atom. The summed E-state index contributed by atoms with van der Waals surface area (Å²) in [6, 6.07) is 9.38. The van der Waals surface area contributed by atoms with Crippen LogP contribution < -0.4 is 0 Å². The molecule has 1 rings (SSSR count). The number of carbonyl (C=O) groups excluding carboxylic acids is 1. The molecule has 0 heterocycles. The summed E-state index contributed by atoms with van der Waals surface area (Å²) >= 11 is 0. The zero-order chi connectivity index (χ0) is 12.7. The molecular weight excluding hydrogens is 234 g/mol. The molecule has 0 saturated heterocycles. The summed E-state index contributed by atoms with van der Waals surface area (Å²) in [4.78, 5) is 13.4. The second-order valence-electron chi connectivity index (χ2n) is 3.57. The van der Waals surface area contributed by atoms with Crippen LogP contribution in [-0.4, -0.2) is 27.4 Å². The molecular formula is C13H17NO2S. The Morgan fingerprint density at radius 3 is 2.59 bits per heavy atom. The maximum absolute atomic E-state index is 11.9. The molecule has 4 heteroatoms. The van der Waals surface area contributed by atoms with E-state index in [-0.39, 0.29) is 11.0 Å². The van der Waals surface area contributed by atoms with Crippen LogP contribution in [0.5, 0.6) is 0 Å². The first kappa shape index (κ1) is 13.6. The van der Waals surface area contributed by atoms with Crippen molar-refractivity contribution < 1.29 is 9.00 Å². The van der Waals surface area contributed by atoms with Gasteiger partial charge >= 0.3 is 5.24 Å². The van der Waals surface area contributed by atoms with Crippen LogP contribution in [0.15, 0.2) is 43.0 Å². The Balaban J connectivity index is 2.64. The monoisotopic (exact) mass is 251 g/mol. The van der Waals surface area contributed by atoms with Gasteiger partial charge in [-0.2, -0.15) is 0 Å². The van der Waals surface area contributed by atoms with Gasteiger partial charge in [-0.25, -0.2) is 4.21 Å². The van der Waals surface area contributed by atoms with Crippen molar-refractivity contribution in [1.29, 1.82) is 0 Å². The fourth-order valence-corrected chi connectivity index (χ4v) is 2.53. The van der Waals surface area contributed by atoms with Gasteiger partial charge in [0.1, 0.15) is 10.8 Å². The van der Waals surface area contributed by atoms with Crippen molar-refractivity contribution in [2.24, 2.45) is 0 Å². The van der Waals surface area contributed by atoms with E-state index < -0.39 is 10.8 Å². The van der Waals surface area contributed by atoms with E-state index in [0.29, 0.717) is 13.1 Å². The van der Waals surface area contributed by atoms with Crippen LogP contribution in [0.25, 0.3) is 0 Å². The molecule has 1 atom stereocenters. The first-order chi connectivity index (χ1) is 8.19. The number of likely N-dealkylation sites (N-methyl/N-ethyl adjacent to an activating group) is 1. The lowest BCUT2D eigenvalue weighted by molar-refractivity contribution is 0.229. The van der Waals surface area contributed by atoms with Gasteiger partial charge in [0.2, 0.25) is 0 Å². The largest absolute Gasteiger partial charge is 0.328 e. The molecule has 0 aromatic heterocycles. The van der Waals surface area contributed by atoms with Crippen molar-refractivity contribution >= 4 is 16.0 Å². The van der Waals surface area contributed by atoms with E-state index in [2.05, 4.69) is 6.58 Å². The second-order valence-corrected chi connectivity index (χ2v) is 4.90. The molecule has 92 valence electrons. The van der Waals surface area contributed by atoms with Gasteiger partial charge < -0.3 is 4.90 Å². The van der Waals surface area contributed by atoms with Crippen LogP contribution in [0.3, 0.4) is 0 Å². The minimum absolute atomic E-state index is 0.271. The smallest absolute Gasteiger partial charge is 0.312 e. The molecule has 0 saturated carbocycles. The summed E-state index contributed by atoms with van der Waals surface area (Å²) < 4.78 is 11.9. The fourth-order valence-electron chi connectivity index (χ4n) is 1.42. The summed E-state index contributed by atoms with van der Waals surface area (Å²) in [5.74, 6) is 0.271. The average molecular weight is 251 g/mol. The molecule has 1 aromatic rings. The Bertz CT molecular complexity index is 403. The van der Waals surface area contributed by atoms with Crippen molar-refractivity contribution in [3.8, 4) is 0 Å². The minimum atomic E-state index is -1.51. The van der Waals surface area contributed by atoms with Gasteiger partial charge in [-0.05, 0) is 12.5 Å². The van der Waals surface area contributed by atoms with E-state index in [1.807, 2.05) is 37.3 Å². The van der Waals surface area contributed by atoms with Crippen molar-refractivity contribution in [2.45, 2.75) is 12.7 Å². The van der Waals surface area contributed by atoms with Crippen molar-refractivity contribution in [1.82, 2.24) is 4.90 Å². The highest BCUT2D eigenvalue weighted by molar-refractivity contribution is 7.99. The number of hydrogen-bond donors (Lipinski definition) is 0. The fraction of sp³-hybridized carbons (Fsp3) is 0.308. The predicted molar refractivity (Wildman–Crippen MR) is 71.1 cm³/mol. The van der Waals surface area contributed by atoms with Crippen LogP contribution in [0.1, 0.15) is 12.5 Å². The minimum Gasteiger partial charge on any atom is -0.328 e. The van der Waals surface area contributed by atoms with E-state index in [0.717, 1.165) is 5.56 Å². The lowest BCUT2D eigenvalue weighted by atomic mass is 10.2. The third-order valence-electron chi connectivity index (χ3n) is 2.32. The standard InChI is InChI=1S/C13H17NO2S/c1-3-10-14(4-2)13(15)17(16)11-12-8-6-5-7-9-12/h3,5-9H,1,4,10-11H2,2H3. The zero-order valence-corrected chi connectivity index (χ0v) is 10.8. The lowest BCUT2D eigenvalue weighted by Crippen LogP contribution is -2.33. The molecule has 0 N–H and O–H groups in total. The average Bonchev–Trinajstić information content (AvgIpc) is 2.36. The first-order valence-electron chi connectivity index (χ1n) is 5.51. The van der Waals surface area contributed by atoms with Crippen molar-refractivity contribution in [2.75, 3.05) is 13.1 Å². The second kappa shape index (κ2) is 7.01. The topological polar surface area (TPSA) is 37.4 Å². The summed E-state index contributed by atoms with van der Waals surface area (Å²) in [6.45, 7) is 6.43. The highest BCUT2D eigenvalue weighted by atomic mass is 32.2. The van der Waals surface area contributed by atoms with Crippen molar-refractivity contribution in [3.63, 3.8) is 0 Å². The molecule has 3 nitrogen and oxygen atoms in total. The van der Waals surface area contributed by atoms with E-state index in [1.54, 1.807) is 6.08 Å². The van der Waals surface area contributed by atoms with Crippen molar-refractivity contribution in [3.05, 3.63) is 48.6 Å². The third-order valence-corrected chi connectivity index (χ3v) is 3.57. The lowest BCUT2D eigenvalue weighted by Gasteiger charge is -2.17. The molecule has 1 unspecified atom stereocenters. The van der Waals surface area contributed by atoms with E-state index in [1.165, 1.54) is 4.90 Å². The molecule has 0 radical (unpaired) electrons. The summed E-state index contributed by atoms with van der Waals surface area (Å²) in [7, 11) is -1.51. The zero-order valence-electron chi connectivity index (χ0n) is 9.96. The van der Waals surface area contributed by atoms with Gasteiger partial charge in [0.15, 0.2) is 0 Å². The van der Waals surface area contributed by atoms with Crippen LogP contribution >= 0.6 is 0 Å². The van der Waals surface area contributed by atoms with E-state index in [9.17, 15) is 9.00 Å². The van der Waals surface area contributed by atoms with E-state index >= 15 is 0 Å². The number of amides is 1. The molecule has 1 amide bonds. The van der Waals surface area contributed by atoms with Gasteiger partial charge in [0.25, 0.3) is 0 Å². The summed E-state index contributed by atoms with van der Waals surface area (Å²) in [5, 5.41) is -0.323. The Kier molecular flexibility index (Phi) is 5.63. The number of rotatable bonds is 5. The molecule has 0 aliphatic carbocycles. The summed E-state index contributed by atoms with van der Waals surface area (Å²) in [5.41, 5.74) is 0.911. The number of nitrogens with zero attached hydrogens (tertiary/aromatic N) is 1. The molecule has 0 aliphatic rings. The molecule has 1 aromatic carbocycles. The number of carbonyl (C=O) groups is 1.